The predicted molar refractivity (Wildman–Crippen MR) is 438 cm³/mol. The van der Waals surface area contributed by atoms with E-state index in [2.05, 4.69) is 388 Å². The first kappa shape index (κ1) is 58.9. The highest BCUT2D eigenvalue weighted by atomic mass is 14.3. The van der Waals surface area contributed by atoms with Gasteiger partial charge in [0.2, 0.25) is 0 Å². The molecule has 0 unspecified atom stereocenters. The van der Waals surface area contributed by atoms with E-state index in [9.17, 15) is 0 Å². The van der Waals surface area contributed by atoms with Gasteiger partial charge in [0, 0.05) is 0 Å². The molecule has 102 heavy (non-hydrogen) atoms. The van der Waals surface area contributed by atoms with E-state index in [0.29, 0.717) is 0 Å². The van der Waals surface area contributed by atoms with Crippen molar-refractivity contribution in [2.24, 2.45) is 0 Å². The van der Waals surface area contributed by atoms with Crippen molar-refractivity contribution >= 4 is 97.0 Å². The molecule has 472 valence electrons. The minimum atomic E-state index is 1.14. The SMILES string of the molecule is c1ccc(-c2c(-c3ccc(-c4ccc5c(-c6cccc7ccccc67)c6ccccc6c(-c6cccc7ccccc67)c5c4)cc3)c(-c3ccc(-c4ccc5c(-c6cccc7ccccc67)c6ccccc6c(-c6cccc7ccccc67)c5c4)cc3)c(-c3ccccc3)c3ccccc23)cc1. The zero-order chi connectivity index (χ0) is 67.2. The van der Waals surface area contributed by atoms with Gasteiger partial charge in [-0.3, -0.25) is 0 Å². The van der Waals surface area contributed by atoms with Gasteiger partial charge in [0.25, 0.3) is 0 Å². The van der Waals surface area contributed by atoms with Crippen LogP contribution < -0.4 is 0 Å². The Balaban J connectivity index is 0.794. The second-order valence-corrected chi connectivity index (χ2v) is 27.2. The summed E-state index contributed by atoms with van der Waals surface area (Å²) in [6.07, 6.45) is 0. The van der Waals surface area contributed by atoms with E-state index < -0.39 is 0 Å². The molecule has 0 bridgehead atoms. The van der Waals surface area contributed by atoms with Crippen LogP contribution in [0.25, 0.3) is 208 Å². The van der Waals surface area contributed by atoms with Crippen molar-refractivity contribution < 1.29 is 0 Å². The molecule has 0 heterocycles. The Morgan fingerprint density at radius 1 is 0.0980 bits per heavy atom. The monoisotopic (exact) mass is 1290 g/mol. The summed E-state index contributed by atoms with van der Waals surface area (Å²) < 4.78 is 0. The highest BCUT2D eigenvalue weighted by Crippen LogP contribution is 2.54. The molecule has 0 spiro atoms. The molecule has 0 N–H and O–H groups in total. The first-order chi connectivity index (χ1) is 50.6. The number of fused-ring (bicyclic) bond motifs is 9. The second-order valence-electron chi connectivity index (χ2n) is 27.2. The van der Waals surface area contributed by atoms with Gasteiger partial charge in [0.1, 0.15) is 0 Å². The Morgan fingerprint density at radius 2 is 0.304 bits per heavy atom. The van der Waals surface area contributed by atoms with Crippen LogP contribution in [0.2, 0.25) is 0 Å². The molecule has 0 nitrogen and oxygen atoms in total. The molecule has 20 aromatic carbocycles. The van der Waals surface area contributed by atoms with Crippen molar-refractivity contribution in [1.82, 2.24) is 0 Å². The van der Waals surface area contributed by atoms with Gasteiger partial charge in [0.15, 0.2) is 0 Å². The van der Waals surface area contributed by atoms with Gasteiger partial charge in [-0.1, -0.05) is 376 Å². The lowest BCUT2D eigenvalue weighted by molar-refractivity contribution is 1.56. The van der Waals surface area contributed by atoms with Crippen molar-refractivity contribution in [2.75, 3.05) is 0 Å². The second kappa shape index (κ2) is 24.3. The highest BCUT2D eigenvalue weighted by Gasteiger charge is 2.27. The Labute approximate surface area is 592 Å². The van der Waals surface area contributed by atoms with Gasteiger partial charge in [-0.05, 0) is 220 Å². The summed E-state index contributed by atoms with van der Waals surface area (Å²) in [5.41, 5.74) is 24.0. The average Bonchev–Trinajstić information content (AvgIpc) is 0.732. The molecule has 0 aliphatic carbocycles. The third-order valence-electron chi connectivity index (χ3n) is 21.6. The van der Waals surface area contributed by atoms with Gasteiger partial charge in [-0.15, -0.1) is 0 Å². The van der Waals surface area contributed by atoms with Crippen LogP contribution >= 0.6 is 0 Å². The number of benzene rings is 20. The van der Waals surface area contributed by atoms with Gasteiger partial charge in [0.05, 0.1) is 0 Å². The molecular weight excluding hydrogens is 1230 g/mol. The molecule has 20 aromatic rings. The van der Waals surface area contributed by atoms with E-state index >= 15 is 0 Å². The van der Waals surface area contributed by atoms with E-state index in [-0.39, 0.29) is 0 Å². The minimum Gasteiger partial charge on any atom is -0.0622 e. The van der Waals surface area contributed by atoms with Crippen LogP contribution in [0.15, 0.2) is 388 Å². The van der Waals surface area contributed by atoms with Gasteiger partial charge in [-0.2, -0.15) is 0 Å². The average molecular weight is 1290 g/mol. The summed E-state index contributed by atoms with van der Waals surface area (Å²) >= 11 is 0. The molecule has 0 heteroatoms. The topological polar surface area (TPSA) is 0 Å². The number of rotatable bonds is 10. The summed E-state index contributed by atoms with van der Waals surface area (Å²) in [7, 11) is 0. The van der Waals surface area contributed by atoms with Crippen molar-refractivity contribution in [2.45, 2.75) is 0 Å². The normalized spacial score (nSPS) is 11.7. The zero-order valence-corrected chi connectivity index (χ0v) is 56.0. The molecular formula is C102H64. The van der Waals surface area contributed by atoms with Gasteiger partial charge >= 0.3 is 0 Å². The van der Waals surface area contributed by atoms with Crippen LogP contribution in [0.3, 0.4) is 0 Å². The van der Waals surface area contributed by atoms with Crippen LogP contribution in [-0.2, 0) is 0 Å². The molecule has 0 aromatic heterocycles. The Kier molecular flexibility index (Phi) is 14.0. The van der Waals surface area contributed by atoms with Crippen LogP contribution in [0, 0.1) is 0 Å². The van der Waals surface area contributed by atoms with Crippen LogP contribution in [0.5, 0.6) is 0 Å². The first-order valence-electron chi connectivity index (χ1n) is 35.5. The van der Waals surface area contributed by atoms with E-state index in [1.165, 1.54) is 175 Å². The van der Waals surface area contributed by atoms with E-state index in [1.807, 2.05) is 0 Å². The molecule has 0 atom stereocenters. The summed E-state index contributed by atoms with van der Waals surface area (Å²) in [6.45, 7) is 0. The van der Waals surface area contributed by atoms with Crippen LogP contribution in [0.4, 0.5) is 0 Å². The lowest BCUT2D eigenvalue weighted by Crippen LogP contribution is -1.97. The first-order valence-corrected chi connectivity index (χ1v) is 35.5. The fraction of sp³-hybridized carbons (Fsp3) is 0. The molecule has 20 rings (SSSR count). The predicted octanol–water partition coefficient (Wildman–Crippen LogP) is 28.7. The fourth-order valence-corrected chi connectivity index (χ4v) is 17.1. The Hall–Kier alpha value is -13.3. The maximum Gasteiger partial charge on any atom is -0.00141 e. The molecule has 0 aliphatic rings. The van der Waals surface area contributed by atoms with Crippen molar-refractivity contribution in [3.8, 4) is 111 Å². The maximum absolute atomic E-state index is 2.47. The lowest BCUT2D eigenvalue weighted by Gasteiger charge is -2.24. The third kappa shape index (κ3) is 9.60. The summed E-state index contributed by atoms with van der Waals surface area (Å²) in [6, 6.07) is 145. The van der Waals surface area contributed by atoms with Gasteiger partial charge in [-0.25, -0.2) is 0 Å². The fourth-order valence-electron chi connectivity index (χ4n) is 17.1. The summed E-state index contributed by atoms with van der Waals surface area (Å²) in [5, 5.41) is 22.2. The highest BCUT2D eigenvalue weighted by molar-refractivity contribution is 6.28. The van der Waals surface area contributed by atoms with Gasteiger partial charge < -0.3 is 0 Å². The molecule has 0 aliphatic heterocycles. The van der Waals surface area contributed by atoms with Crippen molar-refractivity contribution in [3.63, 3.8) is 0 Å². The summed E-state index contributed by atoms with van der Waals surface area (Å²) in [4.78, 5) is 0. The van der Waals surface area contributed by atoms with Crippen LogP contribution in [0.1, 0.15) is 0 Å². The Bertz CT molecular complexity index is 6330. The number of hydrogen-bond acceptors (Lipinski definition) is 0. The van der Waals surface area contributed by atoms with E-state index in [1.54, 1.807) is 0 Å². The van der Waals surface area contributed by atoms with Crippen molar-refractivity contribution in [1.29, 1.82) is 0 Å². The van der Waals surface area contributed by atoms with Crippen molar-refractivity contribution in [3.05, 3.63) is 388 Å². The molecule has 0 amide bonds. The molecule has 0 saturated carbocycles. The molecule has 0 fully saturated rings. The largest absolute Gasteiger partial charge is 0.0622 e. The number of hydrogen-bond donors (Lipinski definition) is 0. The Morgan fingerprint density at radius 3 is 0.608 bits per heavy atom. The molecule has 0 saturated heterocycles. The van der Waals surface area contributed by atoms with E-state index in [0.717, 1.165) is 33.4 Å². The summed E-state index contributed by atoms with van der Waals surface area (Å²) in [5.74, 6) is 0. The third-order valence-corrected chi connectivity index (χ3v) is 21.6. The maximum atomic E-state index is 2.47. The lowest BCUT2D eigenvalue weighted by atomic mass is 9.78. The quantitative estimate of drug-likeness (QED) is 0.120. The minimum absolute atomic E-state index is 1.14. The smallest absolute Gasteiger partial charge is 0.00141 e. The molecule has 0 radical (unpaired) electrons. The standard InChI is InChI=1S/C102H64/c1-3-29-71(30-4-1)95-85-41-15-16-42-86(85)96(72-31-5-2-6-32-72)98(74-57-53-66(54-58-74)76-60-62-92-94(64-76)102(84-50-24-36-70-28-10-14-40-80(70)84)90-46-20-18-44-88(90)100(92)82-48-22-34-68-26-8-12-38-78(68)82)97(95)73-55-51-65(52-56-73)75-59-61-91-93(63-75)101(83-49-23-35-69-27-9-13-39-79(69)83)89-45-19-17-43-87(89)99(91)81-47-21-33-67-25-7-11-37-77(67)81/h1-64H. The zero-order valence-electron chi connectivity index (χ0n) is 56.0. The van der Waals surface area contributed by atoms with E-state index in [4.69, 9.17) is 0 Å². The van der Waals surface area contributed by atoms with Crippen LogP contribution in [-0.4, -0.2) is 0 Å².